The molecule has 110 valence electrons. The zero-order valence-corrected chi connectivity index (χ0v) is 11.8. The van der Waals surface area contributed by atoms with Crippen LogP contribution in [0.1, 0.15) is 35.7 Å². The summed E-state index contributed by atoms with van der Waals surface area (Å²) in [6.07, 6.45) is 1.05. The highest BCUT2D eigenvalue weighted by Crippen LogP contribution is 2.17. The minimum atomic E-state index is -0.518. The second-order valence-corrected chi connectivity index (χ2v) is 4.53. The fourth-order valence-corrected chi connectivity index (χ4v) is 1.58. The third-order valence-corrected chi connectivity index (χ3v) is 2.86. The topological polar surface area (TPSA) is 84.2 Å². The lowest BCUT2D eigenvalue weighted by molar-refractivity contribution is -0.120. The van der Waals surface area contributed by atoms with E-state index in [1.165, 1.54) is 6.07 Å². The van der Waals surface area contributed by atoms with Crippen LogP contribution in [-0.2, 0) is 4.79 Å². The van der Waals surface area contributed by atoms with Gasteiger partial charge in [0.15, 0.2) is 0 Å². The Balaban J connectivity index is 2.49. The van der Waals surface area contributed by atoms with E-state index < -0.39 is 11.7 Å². The first-order valence-corrected chi connectivity index (χ1v) is 6.56. The van der Waals surface area contributed by atoms with Crippen molar-refractivity contribution in [3.8, 4) is 0 Å². The fourth-order valence-electron chi connectivity index (χ4n) is 1.58. The van der Waals surface area contributed by atoms with Crippen LogP contribution >= 0.6 is 0 Å². The Kier molecular flexibility index (Phi) is 5.96. The van der Waals surface area contributed by atoms with Crippen LogP contribution in [-0.4, -0.2) is 24.9 Å². The van der Waals surface area contributed by atoms with Crippen molar-refractivity contribution in [3.05, 3.63) is 29.1 Å². The van der Waals surface area contributed by atoms with Crippen LogP contribution in [0.25, 0.3) is 0 Å². The van der Waals surface area contributed by atoms with Gasteiger partial charge >= 0.3 is 0 Å². The van der Waals surface area contributed by atoms with Crippen molar-refractivity contribution in [1.82, 2.24) is 10.6 Å². The zero-order chi connectivity index (χ0) is 15.1. The van der Waals surface area contributed by atoms with Gasteiger partial charge in [0.1, 0.15) is 5.82 Å². The summed E-state index contributed by atoms with van der Waals surface area (Å²) >= 11 is 0. The molecule has 20 heavy (non-hydrogen) atoms. The highest BCUT2D eigenvalue weighted by molar-refractivity contribution is 5.95. The molecule has 0 fully saturated rings. The Labute approximate surface area is 117 Å². The molecule has 5 nitrogen and oxygen atoms in total. The summed E-state index contributed by atoms with van der Waals surface area (Å²) in [5.41, 5.74) is 6.31. The maximum atomic E-state index is 13.5. The lowest BCUT2D eigenvalue weighted by atomic mass is 10.1. The number of carbonyl (C=O) groups excluding carboxylic acids is 2. The number of nitrogens with two attached hydrogens (primary N) is 1. The quantitative estimate of drug-likeness (QED) is 0.688. The van der Waals surface area contributed by atoms with Gasteiger partial charge in [0.2, 0.25) is 5.91 Å². The molecule has 0 saturated heterocycles. The number of hydrogen-bond acceptors (Lipinski definition) is 3. The Morgan fingerprint density at radius 1 is 1.25 bits per heavy atom. The second kappa shape index (κ2) is 7.47. The third kappa shape index (κ3) is 4.53. The van der Waals surface area contributed by atoms with Crippen LogP contribution in [0.4, 0.5) is 10.1 Å². The number of halogens is 1. The predicted octanol–water partition coefficient (Wildman–Crippen LogP) is 1.36. The zero-order valence-electron chi connectivity index (χ0n) is 11.8. The molecule has 0 aliphatic carbocycles. The molecule has 1 aromatic carbocycles. The standard InChI is InChI=1S/C14H20FN3O2/c1-3-5-17-13(19)4-6-18-14(20)10-7-11(15)9(2)12(16)8-10/h7-8H,3-6,16H2,1-2H3,(H,17,19)(H,18,20). The fraction of sp³-hybridized carbons (Fsp3) is 0.429. The average molecular weight is 281 g/mol. The van der Waals surface area contributed by atoms with Gasteiger partial charge in [-0.2, -0.15) is 0 Å². The van der Waals surface area contributed by atoms with E-state index in [0.29, 0.717) is 12.1 Å². The molecular formula is C14H20FN3O2. The first kappa shape index (κ1) is 15.9. The number of hydrogen-bond donors (Lipinski definition) is 3. The van der Waals surface area contributed by atoms with Gasteiger partial charge in [-0.05, 0) is 25.5 Å². The van der Waals surface area contributed by atoms with Crippen LogP contribution in [0, 0.1) is 12.7 Å². The van der Waals surface area contributed by atoms with E-state index >= 15 is 0 Å². The molecule has 0 aliphatic heterocycles. The molecule has 4 N–H and O–H groups in total. The van der Waals surface area contributed by atoms with E-state index in [-0.39, 0.29) is 30.1 Å². The molecule has 6 heteroatoms. The summed E-state index contributed by atoms with van der Waals surface area (Å²) in [5, 5.41) is 5.26. The van der Waals surface area contributed by atoms with Crippen LogP contribution in [0.5, 0.6) is 0 Å². The van der Waals surface area contributed by atoms with Crippen molar-refractivity contribution in [2.75, 3.05) is 18.8 Å². The Hall–Kier alpha value is -2.11. The van der Waals surface area contributed by atoms with E-state index in [0.717, 1.165) is 12.5 Å². The molecule has 2 amide bonds. The molecule has 0 spiro atoms. The number of rotatable bonds is 6. The monoisotopic (exact) mass is 281 g/mol. The smallest absolute Gasteiger partial charge is 0.251 e. The highest BCUT2D eigenvalue weighted by atomic mass is 19.1. The van der Waals surface area contributed by atoms with Crippen molar-refractivity contribution in [2.24, 2.45) is 0 Å². The van der Waals surface area contributed by atoms with Crippen LogP contribution in [0.2, 0.25) is 0 Å². The van der Waals surface area contributed by atoms with Gasteiger partial charge < -0.3 is 16.4 Å². The van der Waals surface area contributed by atoms with Crippen molar-refractivity contribution in [3.63, 3.8) is 0 Å². The van der Waals surface area contributed by atoms with Gasteiger partial charge in [-0.25, -0.2) is 4.39 Å². The van der Waals surface area contributed by atoms with E-state index in [1.807, 2.05) is 6.92 Å². The Bertz CT molecular complexity index is 480. The second-order valence-electron chi connectivity index (χ2n) is 4.53. The summed E-state index contributed by atoms with van der Waals surface area (Å²) in [4.78, 5) is 23.1. The SMILES string of the molecule is CCCNC(=O)CCNC(=O)c1cc(N)c(C)c(F)c1. The maximum absolute atomic E-state index is 13.5. The summed E-state index contributed by atoms with van der Waals surface area (Å²) in [7, 11) is 0. The molecule has 1 rings (SSSR count). The summed E-state index contributed by atoms with van der Waals surface area (Å²) in [6, 6.07) is 2.56. The van der Waals surface area contributed by atoms with E-state index in [2.05, 4.69) is 10.6 Å². The predicted molar refractivity (Wildman–Crippen MR) is 75.8 cm³/mol. The number of carbonyl (C=O) groups is 2. The van der Waals surface area contributed by atoms with Crippen LogP contribution < -0.4 is 16.4 Å². The van der Waals surface area contributed by atoms with Crippen LogP contribution in [0.15, 0.2) is 12.1 Å². The Morgan fingerprint density at radius 2 is 1.95 bits per heavy atom. The van der Waals surface area contributed by atoms with E-state index in [1.54, 1.807) is 6.92 Å². The first-order valence-electron chi connectivity index (χ1n) is 6.56. The van der Waals surface area contributed by atoms with Gasteiger partial charge in [-0.3, -0.25) is 9.59 Å². The molecule has 0 heterocycles. The molecule has 0 aliphatic rings. The maximum Gasteiger partial charge on any atom is 0.251 e. The van der Waals surface area contributed by atoms with E-state index in [4.69, 9.17) is 5.73 Å². The molecule has 0 radical (unpaired) electrons. The molecule has 0 unspecified atom stereocenters. The summed E-state index contributed by atoms with van der Waals surface area (Å²) in [6.45, 7) is 4.32. The van der Waals surface area contributed by atoms with Crippen molar-refractivity contribution in [1.29, 1.82) is 0 Å². The lowest BCUT2D eigenvalue weighted by Crippen LogP contribution is -2.31. The van der Waals surface area contributed by atoms with Gasteiger partial charge in [-0.15, -0.1) is 0 Å². The first-order chi connectivity index (χ1) is 9.45. The van der Waals surface area contributed by atoms with Gasteiger partial charge in [-0.1, -0.05) is 6.92 Å². The summed E-state index contributed by atoms with van der Waals surface area (Å²) < 4.78 is 13.5. The number of benzene rings is 1. The molecule has 0 saturated carbocycles. The highest BCUT2D eigenvalue weighted by Gasteiger charge is 2.11. The largest absolute Gasteiger partial charge is 0.398 e. The minimum absolute atomic E-state index is 0.123. The molecule has 0 bridgehead atoms. The third-order valence-electron chi connectivity index (χ3n) is 2.86. The molecular weight excluding hydrogens is 261 g/mol. The molecule has 0 aromatic heterocycles. The van der Waals surface area contributed by atoms with Crippen molar-refractivity contribution >= 4 is 17.5 Å². The Morgan fingerprint density at radius 3 is 2.55 bits per heavy atom. The van der Waals surface area contributed by atoms with Crippen molar-refractivity contribution < 1.29 is 14.0 Å². The van der Waals surface area contributed by atoms with Gasteiger partial charge in [0, 0.05) is 36.3 Å². The molecule has 0 atom stereocenters. The van der Waals surface area contributed by atoms with Crippen LogP contribution in [0.3, 0.4) is 0 Å². The lowest BCUT2D eigenvalue weighted by Gasteiger charge is -2.08. The van der Waals surface area contributed by atoms with Gasteiger partial charge in [0.25, 0.3) is 5.91 Å². The van der Waals surface area contributed by atoms with E-state index in [9.17, 15) is 14.0 Å². The van der Waals surface area contributed by atoms with Gasteiger partial charge in [0.05, 0.1) is 0 Å². The normalized spacial score (nSPS) is 10.2. The number of nitrogens with one attached hydrogen (secondary N) is 2. The minimum Gasteiger partial charge on any atom is -0.398 e. The molecule has 1 aromatic rings. The summed E-state index contributed by atoms with van der Waals surface area (Å²) in [5.74, 6) is -1.09. The number of nitrogen functional groups attached to an aromatic ring is 1. The average Bonchev–Trinajstić information content (AvgIpc) is 2.41. The number of anilines is 1. The van der Waals surface area contributed by atoms with Crippen molar-refractivity contribution in [2.45, 2.75) is 26.7 Å². The number of amides is 2.